The molecule has 0 aliphatic rings. The average Bonchev–Trinajstić information content (AvgIpc) is 2.46. The van der Waals surface area contributed by atoms with Crippen LogP contribution in [0.15, 0.2) is 48.5 Å². The van der Waals surface area contributed by atoms with Gasteiger partial charge in [-0.15, -0.1) is 0 Å². The van der Waals surface area contributed by atoms with Gasteiger partial charge in [0.05, 0.1) is 0 Å². The van der Waals surface area contributed by atoms with E-state index in [0.717, 1.165) is 21.1 Å². The second kappa shape index (κ2) is 6.27. The Kier molecular flexibility index (Phi) is 4.86. The maximum atomic E-state index is 10.5. The number of hydrogen-bond acceptors (Lipinski definition) is 1. The van der Waals surface area contributed by atoms with Gasteiger partial charge < -0.3 is 5.11 Å². The summed E-state index contributed by atoms with van der Waals surface area (Å²) in [5.74, 6) is 0. The van der Waals surface area contributed by atoms with Crippen LogP contribution in [0.5, 0.6) is 0 Å². The second-order valence-electron chi connectivity index (χ2n) is 5.82. The third-order valence-electron chi connectivity index (χ3n) is 4.06. The van der Waals surface area contributed by atoms with Crippen LogP contribution in [0.1, 0.15) is 50.0 Å². The van der Waals surface area contributed by atoms with Gasteiger partial charge in [-0.05, 0) is 63.2 Å². The third kappa shape index (κ3) is 3.41. The normalized spacial score (nSPS) is 13.2. The second-order valence-corrected chi connectivity index (χ2v) is 7.06. The largest absolute Gasteiger partial charge is 0.384 e. The molecule has 106 valence electrons. The molecule has 0 saturated carbocycles. The fourth-order valence-corrected chi connectivity index (χ4v) is 2.76. The first-order chi connectivity index (χ1) is 9.44. The minimum atomic E-state index is -0.552. The Morgan fingerprint density at radius 1 is 1.05 bits per heavy atom. The van der Waals surface area contributed by atoms with Crippen molar-refractivity contribution >= 4 is 22.6 Å². The highest BCUT2D eigenvalue weighted by Gasteiger charge is 2.18. The van der Waals surface area contributed by atoms with E-state index < -0.39 is 6.10 Å². The molecule has 0 radical (unpaired) electrons. The molecule has 0 heterocycles. The summed E-state index contributed by atoms with van der Waals surface area (Å²) in [6.45, 7) is 6.70. The quantitative estimate of drug-likeness (QED) is 0.736. The number of halogens is 1. The maximum Gasteiger partial charge on any atom is 0.104 e. The highest BCUT2D eigenvalue weighted by molar-refractivity contribution is 14.1. The van der Waals surface area contributed by atoms with Gasteiger partial charge in [-0.3, -0.25) is 0 Å². The van der Waals surface area contributed by atoms with Crippen LogP contribution in [0.4, 0.5) is 0 Å². The van der Waals surface area contributed by atoms with E-state index in [0.29, 0.717) is 0 Å². The highest BCUT2D eigenvalue weighted by Crippen LogP contribution is 2.29. The SMILES string of the molecule is CCC(C)(C)c1ccc(C(O)c2cccc(I)c2)cc1. The minimum absolute atomic E-state index is 0.186. The summed E-state index contributed by atoms with van der Waals surface area (Å²) >= 11 is 2.27. The predicted octanol–water partition coefficient (Wildman–Crippen LogP) is 5.06. The Morgan fingerprint density at radius 3 is 2.25 bits per heavy atom. The molecule has 1 N–H and O–H groups in total. The summed E-state index contributed by atoms with van der Waals surface area (Å²) < 4.78 is 1.14. The van der Waals surface area contributed by atoms with E-state index in [1.807, 2.05) is 36.4 Å². The van der Waals surface area contributed by atoms with E-state index >= 15 is 0 Å². The smallest absolute Gasteiger partial charge is 0.104 e. The summed E-state index contributed by atoms with van der Waals surface area (Å²) in [6.07, 6.45) is 0.551. The van der Waals surface area contributed by atoms with Crippen LogP contribution in [0.3, 0.4) is 0 Å². The molecule has 0 saturated heterocycles. The zero-order valence-corrected chi connectivity index (χ0v) is 14.4. The molecular weight excluding hydrogens is 359 g/mol. The van der Waals surface area contributed by atoms with Gasteiger partial charge in [0.25, 0.3) is 0 Å². The first kappa shape index (κ1) is 15.5. The van der Waals surface area contributed by atoms with E-state index in [1.54, 1.807) is 0 Å². The van der Waals surface area contributed by atoms with Crippen molar-refractivity contribution in [1.82, 2.24) is 0 Å². The Labute approximate surface area is 135 Å². The van der Waals surface area contributed by atoms with Crippen LogP contribution in [-0.4, -0.2) is 5.11 Å². The number of hydrogen-bond donors (Lipinski definition) is 1. The van der Waals surface area contributed by atoms with Gasteiger partial charge >= 0.3 is 0 Å². The molecule has 0 spiro atoms. The summed E-state index contributed by atoms with van der Waals surface area (Å²) in [5.41, 5.74) is 3.40. The van der Waals surface area contributed by atoms with Crippen molar-refractivity contribution in [2.45, 2.75) is 38.7 Å². The first-order valence-corrected chi connectivity index (χ1v) is 8.06. The van der Waals surface area contributed by atoms with Gasteiger partial charge in [0.2, 0.25) is 0 Å². The van der Waals surface area contributed by atoms with E-state index in [2.05, 4.69) is 55.5 Å². The fourth-order valence-electron chi connectivity index (χ4n) is 2.19. The Bertz CT molecular complexity index is 572. The van der Waals surface area contributed by atoms with Gasteiger partial charge in [0, 0.05) is 3.57 Å². The van der Waals surface area contributed by atoms with Crippen LogP contribution in [0.25, 0.3) is 0 Å². The van der Waals surface area contributed by atoms with Gasteiger partial charge in [-0.25, -0.2) is 0 Å². The Morgan fingerprint density at radius 2 is 1.70 bits per heavy atom. The van der Waals surface area contributed by atoms with Gasteiger partial charge in [-0.1, -0.05) is 57.2 Å². The van der Waals surface area contributed by atoms with E-state index in [9.17, 15) is 5.11 Å². The molecule has 1 nitrogen and oxygen atoms in total. The van der Waals surface area contributed by atoms with E-state index in [-0.39, 0.29) is 5.41 Å². The van der Waals surface area contributed by atoms with Crippen LogP contribution in [0, 0.1) is 3.57 Å². The molecule has 2 aromatic rings. The molecule has 0 bridgehead atoms. The molecule has 0 amide bonds. The zero-order valence-electron chi connectivity index (χ0n) is 12.2. The highest BCUT2D eigenvalue weighted by atomic mass is 127. The monoisotopic (exact) mass is 380 g/mol. The summed E-state index contributed by atoms with van der Waals surface area (Å²) in [7, 11) is 0. The molecule has 2 rings (SSSR count). The Balaban J connectivity index is 2.26. The van der Waals surface area contributed by atoms with Gasteiger partial charge in [-0.2, -0.15) is 0 Å². The van der Waals surface area contributed by atoms with Crippen LogP contribution in [-0.2, 0) is 5.41 Å². The molecule has 0 aromatic heterocycles. The van der Waals surface area contributed by atoms with E-state index in [1.165, 1.54) is 5.56 Å². The molecular formula is C18H21IO. The summed E-state index contributed by atoms with van der Waals surface area (Å²) in [4.78, 5) is 0. The molecule has 1 unspecified atom stereocenters. The van der Waals surface area contributed by atoms with Gasteiger partial charge in [0.15, 0.2) is 0 Å². The van der Waals surface area contributed by atoms with Crippen LogP contribution in [0.2, 0.25) is 0 Å². The number of aliphatic hydroxyl groups is 1. The first-order valence-electron chi connectivity index (χ1n) is 6.98. The lowest BCUT2D eigenvalue weighted by Crippen LogP contribution is -2.15. The average molecular weight is 380 g/mol. The lowest BCUT2D eigenvalue weighted by Gasteiger charge is -2.24. The van der Waals surface area contributed by atoms with Crippen LogP contribution < -0.4 is 0 Å². The molecule has 0 fully saturated rings. The minimum Gasteiger partial charge on any atom is -0.384 e. The van der Waals surface area contributed by atoms with Crippen molar-refractivity contribution in [1.29, 1.82) is 0 Å². The third-order valence-corrected chi connectivity index (χ3v) is 4.73. The number of benzene rings is 2. The standard InChI is InChI=1S/C18H21IO/c1-4-18(2,3)15-10-8-13(9-11-15)17(20)14-6-5-7-16(19)12-14/h5-12,17,20H,4H2,1-3H3. The summed E-state index contributed by atoms with van der Waals surface area (Å²) in [6, 6.07) is 16.4. The van der Waals surface area contributed by atoms with Gasteiger partial charge in [0.1, 0.15) is 6.10 Å². The maximum absolute atomic E-state index is 10.5. The topological polar surface area (TPSA) is 20.2 Å². The van der Waals surface area contributed by atoms with Crippen molar-refractivity contribution in [3.05, 3.63) is 68.8 Å². The van der Waals surface area contributed by atoms with Crippen molar-refractivity contribution in [2.24, 2.45) is 0 Å². The van der Waals surface area contributed by atoms with Crippen molar-refractivity contribution in [2.75, 3.05) is 0 Å². The Hall–Kier alpha value is -0.870. The molecule has 2 heteroatoms. The summed E-state index contributed by atoms with van der Waals surface area (Å²) in [5, 5.41) is 10.5. The molecule has 0 aliphatic carbocycles. The molecule has 0 aliphatic heterocycles. The number of rotatable bonds is 4. The van der Waals surface area contributed by atoms with E-state index in [4.69, 9.17) is 0 Å². The molecule has 20 heavy (non-hydrogen) atoms. The number of aliphatic hydroxyl groups excluding tert-OH is 1. The fraction of sp³-hybridized carbons (Fsp3) is 0.333. The molecule has 1 atom stereocenters. The van der Waals surface area contributed by atoms with Crippen LogP contribution >= 0.6 is 22.6 Å². The molecule has 2 aromatic carbocycles. The van der Waals surface area contributed by atoms with Crippen molar-refractivity contribution in [3.63, 3.8) is 0 Å². The lowest BCUT2D eigenvalue weighted by molar-refractivity contribution is 0.220. The zero-order chi connectivity index (χ0) is 14.8. The lowest BCUT2D eigenvalue weighted by atomic mass is 9.82. The predicted molar refractivity (Wildman–Crippen MR) is 93.0 cm³/mol. The van der Waals surface area contributed by atoms with Crippen molar-refractivity contribution in [3.8, 4) is 0 Å². The van der Waals surface area contributed by atoms with Crippen molar-refractivity contribution < 1.29 is 5.11 Å².